The van der Waals surface area contributed by atoms with Gasteiger partial charge < -0.3 is 20.4 Å². The minimum Gasteiger partial charge on any atom is -0.481 e. The first-order valence-corrected chi connectivity index (χ1v) is 10.5. The molecular weight excluding hydrogens is 433 g/mol. The molecule has 1 aliphatic heterocycles. The van der Waals surface area contributed by atoms with Crippen LogP contribution in [-0.4, -0.2) is 68.2 Å². The smallest absolute Gasteiger partial charge is 0.481 e. The van der Waals surface area contributed by atoms with Crippen LogP contribution in [0, 0.1) is 17.8 Å². The lowest BCUT2D eigenvalue weighted by atomic mass is 9.86. The van der Waals surface area contributed by atoms with Gasteiger partial charge in [0.05, 0.1) is 12.1 Å². The molecular formula is C20H27F3N4O5. The van der Waals surface area contributed by atoms with Crippen LogP contribution in [0.15, 0.2) is 12.4 Å². The second-order valence-corrected chi connectivity index (χ2v) is 8.85. The van der Waals surface area contributed by atoms with Crippen LogP contribution < -0.4 is 5.32 Å². The minimum atomic E-state index is -5.08. The number of hydrogen-bond donors (Lipinski definition) is 3. The number of rotatable bonds is 3. The minimum absolute atomic E-state index is 0.0225. The molecule has 1 saturated heterocycles. The number of likely N-dealkylation sites (tertiary alicyclic amines) is 1. The fourth-order valence-electron chi connectivity index (χ4n) is 5.01. The van der Waals surface area contributed by atoms with Gasteiger partial charge >= 0.3 is 24.1 Å². The number of carbonyl (C=O) groups is 3. The molecule has 3 N–H and O–H groups in total. The van der Waals surface area contributed by atoms with Crippen LogP contribution in [-0.2, 0) is 16.6 Å². The Morgan fingerprint density at radius 3 is 2.28 bits per heavy atom. The summed E-state index contributed by atoms with van der Waals surface area (Å²) in [7, 11) is 1.85. The Kier molecular flexibility index (Phi) is 6.99. The molecule has 1 aromatic rings. The van der Waals surface area contributed by atoms with Crippen molar-refractivity contribution < 1.29 is 37.8 Å². The van der Waals surface area contributed by atoms with Crippen molar-refractivity contribution in [3.8, 4) is 0 Å². The molecule has 2 unspecified atom stereocenters. The Morgan fingerprint density at radius 1 is 1.12 bits per heavy atom. The van der Waals surface area contributed by atoms with E-state index in [1.54, 1.807) is 15.8 Å². The standard InChI is InChI=1S/C18H26N4O3.C2HF3O2/c1-21-8-15(7-19-21)13-6-14(17(23)24)10-22(9-13)18(25)20-16-5-11-2-3-12(16)4-11;3-2(4,5)1(6)7/h7-8,11-14,16H,2-6,9-10H2,1H3,(H,20,25)(H,23,24);(H,6,7)/t11-,12+,13?,14?,16-;/m0./s1. The van der Waals surface area contributed by atoms with Gasteiger partial charge in [0.2, 0.25) is 0 Å². The topological polar surface area (TPSA) is 125 Å². The van der Waals surface area contributed by atoms with Crippen LogP contribution >= 0.6 is 0 Å². The van der Waals surface area contributed by atoms with Gasteiger partial charge in [0.1, 0.15) is 0 Å². The Morgan fingerprint density at radius 2 is 1.81 bits per heavy atom. The van der Waals surface area contributed by atoms with E-state index in [1.807, 2.05) is 13.2 Å². The molecule has 3 fully saturated rings. The summed E-state index contributed by atoms with van der Waals surface area (Å²) in [5.74, 6) is -2.70. The number of aliphatic carboxylic acids is 2. The maximum atomic E-state index is 12.8. The van der Waals surface area contributed by atoms with Gasteiger partial charge in [0.15, 0.2) is 0 Å². The molecule has 0 aromatic carbocycles. The van der Waals surface area contributed by atoms with Gasteiger partial charge in [-0.1, -0.05) is 6.42 Å². The molecule has 9 nitrogen and oxygen atoms in total. The highest BCUT2D eigenvalue weighted by Crippen LogP contribution is 2.44. The maximum Gasteiger partial charge on any atom is 0.490 e. The predicted molar refractivity (Wildman–Crippen MR) is 105 cm³/mol. The number of aryl methyl sites for hydroxylation is 1. The first kappa shape index (κ1) is 23.9. The Balaban J connectivity index is 0.000000360. The number of piperidine rings is 1. The van der Waals surface area contributed by atoms with Crippen LogP contribution in [0.3, 0.4) is 0 Å². The van der Waals surface area contributed by atoms with Crippen LogP contribution in [0.2, 0.25) is 0 Å². The monoisotopic (exact) mass is 460 g/mol. The molecule has 0 radical (unpaired) electrons. The summed E-state index contributed by atoms with van der Waals surface area (Å²) in [5, 5.41) is 24.0. The van der Waals surface area contributed by atoms with E-state index >= 15 is 0 Å². The third-order valence-electron chi connectivity index (χ3n) is 6.57. The normalized spacial score (nSPS) is 29.2. The van der Waals surface area contributed by atoms with Crippen LogP contribution in [0.4, 0.5) is 18.0 Å². The Hall–Kier alpha value is -2.79. The summed E-state index contributed by atoms with van der Waals surface area (Å²) in [5.41, 5.74) is 1.01. The van der Waals surface area contributed by atoms with Crippen molar-refractivity contribution >= 4 is 18.0 Å². The van der Waals surface area contributed by atoms with E-state index in [9.17, 15) is 27.9 Å². The van der Waals surface area contributed by atoms with E-state index in [0.717, 1.165) is 17.9 Å². The Bertz CT molecular complexity index is 859. The lowest BCUT2D eigenvalue weighted by Crippen LogP contribution is -2.52. The summed E-state index contributed by atoms with van der Waals surface area (Å²) < 4.78 is 33.5. The number of carboxylic acid groups (broad SMARTS) is 2. The average Bonchev–Trinajstić information content (AvgIpc) is 3.44. The average molecular weight is 460 g/mol. The van der Waals surface area contributed by atoms with Gasteiger partial charge in [-0.2, -0.15) is 18.3 Å². The second kappa shape index (κ2) is 9.37. The number of carboxylic acids is 2. The van der Waals surface area contributed by atoms with Gasteiger partial charge in [0, 0.05) is 38.3 Å². The Labute approximate surface area is 182 Å². The summed E-state index contributed by atoms with van der Waals surface area (Å²) in [4.78, 5) is 35.0. The molecule has 178 valence electrons. The fourth-order valence-corrected chi connectivity index (χ4v) is 5.01. The SMILES string of the molecule is Cn1cc(C2CC(C(=O)O)CN(C(=O)N[C@H]3C[C@H]4CC[C@@H]3C4)C2)cn1.O=C(O)C(F)(F)F. The van der Waals surface area contributed by atoms with Crippen molar-refractivity contribution in [3.05, 3.63) is 18.0 Å². The largest absolute Gasteiger partial charge is 0.490 e. The highest BCUT2D eigenvalue weighted by Gasteiger charge is 2.42. The number of fused-ring (bicyclic) bond motifs is 2. The number of carbonyl (C=O) groups excluding carboxylic acids is 1. The second-order valence-electron chi connectivity index (χ2n) is 8.85. The zero-order valence-corrected chi connectivity index (χ0v) is 17.6. The van der Waals surface area contributed by atoms with E-state index in [4.69, 9.17) is 9.90 Å². The molecule has 0 spiro atoms. The van der Waals surface area contributed by atoms with Crippen molar-refractivity contribution in [2.75, 3.05) is 13.1 Å². The van der Waals surface area contributed by atoms with Crippen molar-refractivity contribution in [2.45, 2.75) is 50.2 Å². The fraction of sp³-hybridized carbons (Fsp3) is 0.700. The molecule has 32 heavy (non-hydrogen) atoms. The summed E-state index contributed by atoms with van der Waals surface area (Å²) >= 11 is 0. The van der Waals surface area contributed by atoms with Crippen molar-refractivity contribution in [3.63, 3.8) is 0 Å². The van der Waals surface area contributed by atoms with E-state index in [-0.39, 0.29) is 18.0 Å². The number of nitrogens with one attached hydrogen (secondary N) is 1. The lowest BCUT2D eigenvalue weighted by molar-refractivity contribution is -0.192. The van der Waals surface area contributed by atoms with E-state index in [0.29, 0.717) is 25.4 Å². The lowest BCUT2D eigenvalue weighted by Gasteiger charge is -2.37. The summed E-state index contributed by atoms with van der Waals surface area (Å²) in [6.45, 7) is 0.848. The summed E-state index contributed by atoms with van der Waals surface area (Å²) in [6, 6.07) is 0.172. The molecule has 2 saturated carbocycles. The van der Waals surface area contributed by atoms with E-state index in [2.05, 4.69) is 10.4 Å². The quantitative estimate of drug-likeness (QED) is 0.636. The van der Waals surface area contributed by atoms with Gasteiger partial charge in [-0.25, -0.2) is 9.59 Å². The third kappa shape index (κ3) is 5.71. The van der Waals surface area contributed by atoms with Crippen molar-refractivity contribution in [1.82, 2.24) is 20.0 Å². The summed E-state index contributed by atoms with van der Waals surface area (Å²) in [6.07, 6.45) is 4.00. The molecule has 3 aliphatic rings. The van der Waals surface area contributed by atoms with Gasteiger partial charge in [-0.15, -0.1) is 0 Å². The molecule has 1 aromatic heterocycles. The van der Waals surface area contributed by atoms with E-state index < -0.39 is 24.0 Å². The molecule has 2 amide bonds. The van der Waals surface area contributed by atoms with E-state index in [1.165, 1.54) is 19.3 Å². The van der Waals surface area contributed by atoms with Crippen LogP contribution in [0.5, 0.6) is 0 Å². The van der Waals surface area contributed by atoms with Crippen LogP contribution in [0.1, 0.15) is 43.6 Å². The predicted octanol–water partition coefficient (Wildman–Crippen LogP) is 2.44. The number of nitrogens with zero attached hydrogens (tertiary/aromatic N) is 3. The highest BCUT2D eigenvalue weighted by atomic mass is 19.4. The zero-order chi connectivity index (χ0) is 23.6. The third-order valence-corrected chi connectivity index (χ3v) is 6.57. The van der Waals surface area contributed by atoms with Crippen molar-refractivity contribution in [1.29, 1.82) is 0 Å². The molecule has 2 bridgehead atoms. The molecule has 2 heterocycles. The highest BCUT2D eigenvalue weighted by molar-refractivity contribution is 5.77. The van der Waals surface area contributed by atoms with Crippen molar-refractivity contribution in [2.24, 2.45) is 24.8 Å². The maximum absolute atomic E-state index is 12.8. The number of halogens is 3. The molecule has 12 heteroatoms. The number of amides is 2. The van der Waals surface area contributed by atoms with Gasteiger partial charge in [-0.05, 0) is 43.1 Å². The first-order chi connectivity index (χ1) is 14.9. The number of hydrogen-bond acceptors (Lipinski definition) is 4. The van der Waals surface area contributed by atoms with Gasteiger partial charge in [-0.3, -0.25) is 9.48 Å². The van der Waals surface area contributed by atoms with Gasteiger partial charge in [0.25, 0.3) is 0 Å². The number of urea groups is 1. The number of alkyl halides is 3. The first-order valence-electron chi connectivity index (χ1n) is 10.5. The number of aromatic nitrogens is 2. The molecule has 2 aliphatic carbocycles. The molecule has 5 atom stereocenters. The van der Waals surface area contributed by atoms with Crippen LogP contribution in [0.25, 0.3) is 0 Å². The zero-order valence-electron chi connectivity index (χ0n) is 17.6. The molecule has 4 rings (SSSR count).